The molecular weight excluding hydrogens is 323 g/mol. The van der Waals surface area contributed by atoms with Crippen molar-refractivity contribution in [3.05, 3.63) is 71.5 Å². The van der Waals surface area contributed by atoms with Crippen LogP contribution in [-0.2, 0) is 11.3 Å². The number of benzene rings is 2. The summed E-state index contributed by atoms with van der Waals surface area (Å²) in [5, 5.41) is 10.2. The van der Waals surface area contributed by atoms with E-state index < -0.39 is 6.10 Å². The predicted octanol–water partition coefficient (Wildman–Crippen LogP) is 1.67. The SMILES string of the molecule is O=C1CN(C(=O)c2ccccc2)CC(O)CN1Cc1cccc(F)c1. The molecule has 2 aromatic rings. The molecule has 0 radical (unpaired) electrons. The van der Waals surface area contributed by atoms with Gasteiger partial charge in [0.15, 0.2) is 0 Å². The minimum absolute atomic E-state index is 0.0825. The Hall–Kier alpha value is -2.73. The van der Waals surface area contributed by atoms with Gasteiger partial charge in [0, 0.05) is 25.2 Å². The zero-order valence-corrected chi connectivity index (χ0v) is 13.6. The highest BCUT2D eigenvalue weighted by Gasteiger charge is 2.29. The molecule has 0 aliphatic carbocycles. The van der Waals surface area contributed by atoms with Crippen LogP contribution in [0.4, 0.5) is 4.39 Å². The zero-order valence-electron chi connectivity index (χ0n) is 13.6. The van der Waals surface area contributed by atoms with Crippen molar-refractivity contribution in [1.29, 1.82) is 0 Å². The Morgan fingerprint density at radius 1 is 1.12 bits per heavy atom. The minimum Gasteiger partial charge on any atom is -0.389 e. The number of β-amino-alcohol motifs (C(OH)–C–C–N with tert-alkyl or cyclic N) is 1. The summed E-state index contributed by atoms with van der Waals surface area (Å²) >= 11 is 0. The summed E-state index contributed by atoms with van der Waals surface area (Å²) in [5.41, 5.74) is 1.12. The molecular formula is C19H19FN2O3. The lowest BCUT2D eigenvalue weighted by Gasteiger charge is -2.22. The van der Waals surface area contributed by atoms with Crippen LogP contribution in [0.2, 0.25) is 0 Å². The van der Waals surface area contributed by atoms with Crippen LogP contribution in [0.15, 0.2) is 54.6 Å². The second-order valence-electron chi connectivity index (χ2n) is 6.11. The first-order valence-corrected chi connectivity index (χ1v) is 8.07. The van der Waals surface area contributed by atoms with Crippen LogP contribution in [-0.4, -0.2) is 52.5 Å². The molecule has 2 aromatic carbocycles. The van der Waals surface area contributed by atoms with E-state index in [1.165, 1.54) is 21.9 Å². The third-order valence-electron chi connectivity index (χ3n) is 4.11. The molecule has 5 nitrogen and oxygen atoms in total. The summed E-state index contributed by atoms with van der Waals surface area (Å²) in [4.78, 5) is 27.9. The highest BCUT2D eigenvalue weighted by atomic mass is 19.1. The van der Waals surface area contributed by atoms with Gasteiger partial charge < -0.3 is 14.9 Å². The van der Waals surface area contributed by atoms with Gasteiger partial charge >= 0.3 is 0 Å². The molecule has 1 unspecified atom stereocenters. The number of carbonyl (C=O) groups is 2. The number of carbonyl (C=O) groups excluding carboxylic acids is 2. The molecule has 1 fully saturated rings. The summed E-state index contributed by atoms with van der Waals surface area (Å²) in [7, 11) is 0. The molecule has 0 bridgehead atoms. The van der Waals surface area contributed by atoms with Gasteiger partial charge in [-0.2, -0.15) is 0 Å². The van der Waals surface area contributed by atoms with E-state index in [1.54, 1.807) is 42.5 Å². The van der Waals surface area contributed by atoms with Crippen LogP contribution in [0.3, 0.4) is 0 Å². The summed E-state index contributed by atoms with van der Waals surface area (Å²) in [6, 6.07) is 14.7. The Morgan fingerprint density at radius 2 is 1.88 bits per heavy atom. The Balaban J connectivity index is 1.74. The van der Waals surface area contributed by atoms with Crippen molar-refractivity contribution in [3.8, 4) is 0 Å². The highest BCUT2D eigenvalue weighted by molar-refractivity contribution is 5.96. The summed E-state index contributed by atoms with van der Waals surface area (Å²) in [6.45, 7) is 0.272. The van der Waals surface area contributed by atoms with Gasteiger partial charge in [0.1, 0.15) is 12.4 Å². The zero-order chi connectivity index (χ0) is 17.8. The van der Waals surface area contributed by atoms with Crippen LogP contribution in [0.25, 0.3) is 0 Å². The molecule has 1 aliphatic rings. The number of halogens is 1. The topological polar surface area (TPSA) is 60.9 Å². The van der Waals surface area contributed by atoms with Crippen LogP contribution in [0, 0.1) is 5.82 Å². The molecule has 6 heteroatoms. The first-order valence-electron chi connectivity index (χ1n) is 8.07. The van der Waals surface area contributed by atoms with Crippen molar-refractivity contribution in [3.63, 3.8) is 0 Å². The van der Waals surface area contributed by atoms with Crippen LogP contribution >= 0.6 is 0 Å². The van der Waals surface area contributed by atoms with Gasteiger partial charge in [0.2, 0.25) is 5.91 Å². The number of hydrogen-bond donors (Lipinski definition) is 1. The Morgan fingerprint density at radius 3 is 2.60 bits per heavy atom. The molecule has 0 saturated carbocycles. The number of hydrogen-bond acceptors (Lipinski definition) is 3. The molecule has 1 heterocycles. The largest absolute Gasteiger partial charge is 0.389 e. The van der Waals surface area contributed by atoms with E-state index in [1.807, 2.05) is 0 Å². The third kappa shape index (κ3) is 4.22. The molecule has 1 atom stereocenters. The lowest BCUT2D eigenvalue weighted by Crippen LogP contribution is -2.39. The lowest BCUT2D eigenvalue weighted by molar-refractivity contribution is -0.131. The molecule has 2 amide bonds. The molecule has 25 heavy (non-hydrogen) atoms. The van der Waals surface area contributed by atoms with E-state index in [2.05, 4.69) is 0 Å². The fourth-order valence-electron chi connectivity index (χ4n) is 2.92. The van der Waals surface area contributed by atoms with Gasteiger partial charge in [-0.1, -0.05) is 30.3 Å². The van der Waals surface area contributed by atoms with Crippen molar-refractivity contribution in [1.82, 2.24) is 9.80 Å². The number of amides is 2. The van der Waals surface area contributed by atoms with Crippen molar-refractivity contribution in [2.45, 2.75) is 12.6 Å². The maximum atomic E-state index is 13.3. The maximum Gasteiger partial charge on any atom is 0.254 e. The van der Waals surface area contributed by atoms with E-state index in [0.717, 1.165) is 0 Å². The van der Waals surface area contributed by atoms with Crippen molar-refractivity contribution in [2.75, 3.05) is 19.6 Å². The monoisotopic (exact) mass is 342 g/mol. The van der Waals surface area contributed by atoms with Crippen molar-refractivity contribution >= 4 is 11.8 Å². The fourth-order valence-corrected chi connectivity index (χ4v) is 2.92. The van der Waals surface area contributed by atoms with Crippen LogP contribution < -0.4 is 0 Å². The van der Waals surface area contributed by atoms with Gasteiger partial charge in [-0.05, 0) is 29.8 Å². The second-order valence-corrected chi connectivity index (χ2v) is 6.11. The third-order valence-corrected chi connectivity index (χ3v) is 4.11. The normalized spacial score (nSPS) is 18.2. The summed E-state index contributed by atoms with van der Waals surface area (Å²) in [5.74, 6) is -0.938. The Kier molecular flexibility index (Phi) is 5.09. The number of rotatable bonds is 3. The smallest absolute Gasteiger partial charge is 0.254 e. The van der Waals surface area contributed by atoms with Crippen molar-refractivity contribution in [2.24, 2.45) is 0 Å². The Labute approximate surface area is 145 Å². The number of aliphatic hydroxyl groups is 1. The van der Waals surface area contributed by atoms with E-state index in [-0.39, 0.29) is 43.8 Å². The van der Waals surface area contributed by atoms with Crippen molar-refractivity contribution < 1.29 is 19.1 Å². The maximum absolute atomic E-state index is 13.3. The molecule has 3 rings (SSSR count). The van der Waals surface area contributed by atoms with E-state index in [0.29, 0.717) is 11.1 Å². The second kappa shape index (κ2) is 7.44. The van der Waals surface area contributed by atoms with E-state index in [9.17, 15) is 19.1 Å². The first-order chi connectivity index (χ1) is 12.0. The van der Waals surface area contributed by atoms with Gasteiger partial charge in [-0.15, -0.1) is 0 Å². The van der Waals surface area contributed by atoms with Gasteiger partial charge in [-0.25, -0.2) is 4.39 Å². The predicted molar refractivity (Wildman–Crippen MR) is 90.2 cm³/mol. The molecule has 1 N–H and O–H groups in total. The van der Waals surface area contributed by atoms with Crippen LogP contribution in [0.5, 0.6) is 0 Å². The Bertz CT molecular complexity index is 766. The quantitative estimate of drug-likeness (QED) is 0.923. The highest BCUT2D eigenvalue weighted by Crippen LogP contribution is 2.14. The standard InChI is InChI=1S/C19H19FN2O3/c20-16-8-4-5-14(9-16)10-21-11-17(23)12-22(13-18(21)24)19(25)15-6-2-1-3-7-15/h1-9,17,23H,10-13H2. The number of nitrogens with zero attached hydrogens (tertiary/aromatic N) is 2. The molecule has 130 valence electrons. The fraction of sp³-hybridized carbons (Fsp3) is 0.263. The summed E-state index contributed by atoms with van der Waals surface area (Å²) in [6.07, 6.45) is -0.854. The van der Waals surface area contributed by atoms with Gasteiger partial charge in [-0.3, -0.25) is 9.59 Å². The summed E-state index contributed by atoms with van der Waals surface area (Å²) < 4.78 is 13.3. The van der Waals surface area contributed by atoms with Crippen LogP contribution in [0.1, 0.15) is 15.9 Å². The van der Waals surface area contributed by atoms with E-state index in [4.69, 9.17) is 0 Å². The lowest BCUT2D eigenvalue weighted by atomic mass is 10.2. The molecule has 0 spiro atoms. The van der Waals surface area contributed by atoms with E-state index >= 15 is 0 Å². The average Bonchev–Trinajstić information content (AvgIpc) is 2.74. The van der Waals surface area contributed by atoms with Gasteiger partial charge in [0.05, 0.1) is 6.10 Å². The van der Waals surface area contributed by atoms with Gasteiger partial charge in [0.25, 0.3) is 5.91 Å². The minimum atomic E-state index is -0.854. The molecule has 1 saturated heterocycles. The molecule has 1 aliphatic heterocycles. The number of aliphatic hydroxyl groups excluding tert-OH is 1. The first kappa shape index (κ1) is 17.1. The molecule has 0 aromatic heterocycles. The average molecular weight is 342 g/mol.